The van der Waals surface area contributed by atoms with Crippen LogP contribution >= 0.6 is 0 Å². The molecule has 0 saturated heterocycles. The molecule has 0 spiro atoms. The van der Waals surface area contributed by atoms with Gasteiger partial charge in [-0.2, -0.15) is 0 Å². The molecule has 0 aliphatic carbocycles. The van der Waals surface area contributed by atoms with E-state index in [-0.39, 0.29) is 11.6 Å². The van der Waals surface area contributed by atoms with Crippen molar-refractivity contribution in [2.75, 3.05) is 0 Å². The number of hydrogen-bond acceptors (Lipinski definition) is 2. The zero-order valence-corrected chi connectivity index (χ0v) is 11.0. The summed E-state index contributed by atoms with van der Waals surface area (Å²) in [6, 6.07) is 14.6. The van der Waals surface area contributed by atoms with Crippen LogP contribution in [0.25, 0.3) is 6.08 Å². The van der Waals surface area contributed by atoms with Crippen molar-refractivity contribution in [2.45, 2.75) is 5.75 Å². The van der Waals surface area contributed by atoms with Gasteiger partial charge in [0, 0.05) is 5.41 Å². The molecule has 0 aromatic heterocycles. The third-order valence-electron chi connectivity index (χ3n) is 2.55. The number of hydrogen-bond donors (Lipinski definition) is 0. The number of halogens is 1. The largest absolute Gasteiger partial charge is 0.224 e. The molecule has 0 atom stereocenters. The molecular formula is C15H13FO2S. The van der Waals surface area contributed by atoms with Gasteiger partial charge in [0.25, 0.3) is 0 Å². The lowest BCUT2D eigenvalue weighted by molar-refractivity contribution is 0.604. The van der Waals surface area contributed by atoms with Gasteiger partial charge in [-0.05, 0) is 29.3 Å². The van der Waals surface area contributed by atoms with Crippen LogP contribution in [0.2, 0.25) is 0 Å². The molecule has 98 valence electrons. The molecule has 2 aromatic carbocycles. The second kappa shape index (κ2) is 5.80. The monoisotopic (exact) mass is 276 g/mol. The molecular weight excluding hydrogens is 263 g/mol. The second-order valence-corrected chi connectivity index (χ2v) is 6.03. The van der Waals surface area contributed by atoms with E-state index in [2.05, 4.69) is 0 Å². The van der Waals surface area contributed by atoms with Crippen molar-refractivity contribution in [3.63, 3.8) is 0 Å². The molecule has 2 aromatic rings. The second-order valence-electron chi connectivity index (χ2n) is 4.15. The van der Waals surface area contributed by atoms with Crippen LogP contribution in [0.4, 0.5) is 4.39 Å². The smallest absolute Gasteiger partial charge is 0.175 e. The third-order valence-corrected chi connectivity index (χ3v) is 3.83. The molecule has 0 heterocycles. The van der Waals surface area contributed by atoms with Crippen LogP contribution < -0.4 is 0 Å². The zero-order valence-electron chi connectivity index (χ0n) is 10.2. The van der Waals surface area contributed by atoms with Crippen molar-refractivity contribution in [2.24, 2.45) is 0 Å². The maximum atomic E-state index is 12.7. The summed E-state index contributed by atoms with van der Waals surface area (Å²) in [6.45, 7) is 0. The van der Waals surface area contributed by atoms with Gasteiger partial charge in [0.1, 0.15) is 5.82 Å². The summed E-state index contributed by atoms with van der Waals surface area (Å²) in [7, 11) is -3.32. The average Bonchev–Trinajstić information content (AvgIpc) is 2.39. The van der Waals surface area contributed by atoms with E-state index in [1.54, 1.807) is 24.3 Å². The summed E-state index contributed by atoms with van der Waals surface area (Å²) in [4.78, 5) is 0. The molecule has 0 amide bonds. The first-order chi connectivity index (χ1) is 9.05. The summed E-state index contributed by atoms with van der Waals surface area (Å²) in [6.07, 6.45) is 1.47. The third kappa shape index (κ3) is 4.34. The van der Waals surface area contributed by atoms with E-state index in [1.807, 2.05) is 6.07 Å². The van der Waals surface area contributed by atoms with Crippen molar-refractivity contribution in [3.05, 3.63) is 76.9 Å². The Hall–Kier alpha value is -1.94. The highest BCUT2D eigenvalue weighted by Gasteiger charge is 2.07. The van der Waals surface area contributed by atoms with Crippen molar-refractivity contribution in [1.82, 2.24) is 0 Å². The van der Waals surface area contributed by atoms with E-state index in [9.17, 15) is 12.8 Å². The lowest BCUT2D eigenvalue weighted by Gasteiger charge is -1.99. The Morgan fingerprint density at radius 2 is 1.58 bits per heavy atom. The van der Waals surface area contributed by atoms with E-state index in [0.29, 0.717) is 5.56 Å². The first kappa shape index (κ1) is 13.5. The molecule has 2 rings (SSSR count). The van der Waals surface area contributed by atoms with Crippen LogP contribution in [0.5, 0.6) is 0 Å². The van der Waals surface area contributed by atoms with Gasteiger partial charge in [0.2, 0.25) is 0 Å². The maximum Gasteiger partial charge on any atom is 0.175 e. The quantitative estimate of drug-likeness (QED) is 0.857. The van der Waals surface area contributed by atoms with Crippen LogP contribution in [0.1, 0.15) is 11.1 Å². The van der Waals surface area contributed by atoms with E-state index in [1.165, 1.54) is 30.3 Å². The molecule has 19 heavy (non-hydrogen) atoms. The van der Waals surface area contributed by atoms with Gasteiger partial charge in [-0.25, -0.2) is 12.8 Å². The van der Waals surface area contributed by atoms with Gasteiger partial charge in [-0.1, -0.05) is 42.5 Å². The number of sulfone groups is 1. The molecule has 2 nitrogen and oxygen atoms in total. The summed E-state index contributed by atoms with van der Waals surface area (Å²) in [5.41, 5.74) is 1.39. The highest BCUT2D eigenvalue weighted by Crippen LogP contribution is 2.10. The summed E-state index contributed by atoms with van der Waals surface area (Å²) >= 11 is 0. The fourth-order valence-electron chi connectivity index (χ4n) is 1.61. The van der Waals surface area contributed by atoms with Crippen molar-refractivity contribution in [1.29, 1.82) is 0 Å². The lowest BCUT2D eigenvalue weighted by atomic mass is 10.2. The molecule has 0 fully saturated rings. The van der Waals surface area contributed by atoms with Gasteiger partial charge in [0.05, 0.1) is 5.75 Å². The Kier molecular flexibility index (Phi) is 4.12. The van der Waals surface area contributed by atoms with Gasteiger partial charge in [-0.3, -0.25) is 0 Å². The summed E-state index contributed by atoms with van der Waals surface area (Å²) in [5.74, 6) is -0.379. The molecule has 0 N–H and O–H groups in total. The van der Waals surface area contributed by atoms with Crippen LogP contribution in [0.15, 0.2) is 60.0 Å². The molecule has 4 heteroatoms. The Balaban J connectivity index is 2.11. The predicted octanol–water partition coefficient (Wildman–Crippen LogP) is 3.41. The van der Waals surface area contributed by atoms with Gasteiger partial charge in [0.15, 0.2) is 9.84 Å². The van der Waals surface area contributed by atoms with E-state index >= 15 is 0 Å². The standard InChI is InChI=1S/C15H13FO2S/c16-15-8-6-13(7-9-15)10-11-19(17,18)12-14-4-2-1-3-5-14/h1-11H,12H2/b11-10+. The SMILES string of the molecule is O=S(=O)(/C=C/c1ccc(F)cc1)Cc1ccccc1. The zero-order chi connectivity index (χ0) is 13.7. The minimum atomic E-state index is -3.32. The molecule has 0 saturated carbocycles. The first-order valence-electron chi connectivity index (χ1n) is 5.75. The fraction of sp³-hybridized carbons (Fsp3) is 0.0667. The Bertz CT molecular complexity index is 659. The van der Waals surface area contributed by atoms with Crippen LogP contribution in [-0.4, -0.2) is 8.42 Å². The highest BCUT2D eigenvalue weighted by molar-refractivity contribution is 7.93. The minimum absolute atomic E-state index is 0.0362. The van der Waals surface area contributed by atoms with Crippen LogP contribution in [0, 0.1) is 5.82 Å². The van der Waals surface area contributed by atoms with E-state index < -0.39 is 9.84 Å². The van der Waals surface area contributed by atoms with Crippen molar-refractivity contribution < 1.29 is 12.8 Å². The predicted molar refractivity (Wildman–Crippen MR) is 74.5 cm³/mol. The van der Waals surface area contributed by atoms with Gasteiger partial charge in [-0.15, -0.1) is 0 Å². The van der Waals surface area contributed by atoms with Crippen molar-refractivity contribution in [3.8, 4) is 0 Å². The summed E-state index contributed by atoms with van der Waals surface area (Å²) < 4.78 is 36.5. The number of benzene rings is 2. The highest BCUT2D eigenvalue weighted by atomic mass is 32.2. The molecule has 0 bridgehead atoms. The van der Waals surface area contributed by atoms with E-state index in [4.69, 9.17) is 0 Å². The molecule has 0 radical (unpaired) electrons. The fourth-order valence-corrected chi connectivity index (χ4v) is 2.73. The first-order valence-corrected chi connectivity index (χ1v) is 7.47. The molecule has 0 unspecified atom stereocenters. The van der Waals surface area contributed by atoms with E-state index in [0.717, 1.165) is 11.0 Å². The van der Waals surface area contributed by atoms with Gasteiger partial charge < -0.3 is 0 Å². The average molecular weight is 276 g/mol. The Morgan fingerprint density at radius 3 is 2.21 bits per heavy atom. The lowest BCUT2D eigenvalue weighted by Crippen LogP contribution is -1.99. The Morgan fingerprint density at radius 1 is 0.947 bits per heavy atom. The maximum absolute atomic E-state index is 12.7. The van der Waals surface area contributed by atoms with Crippen LogP contribution in [0.3, 0.4) is 0 Å². The molecule has 0 aliphatic heterocycles. The number of rotatable bonds is 4. The topological polar surface area (TPSA) is 34.1 Å². The minimum Gasteiger partial charge on any atom is -0.224 e. The normalized spacial score (nSPS) is 11.8. The van der Waals surface area contributed by atoms with Gasteiger partial charge >= 0.3 is 0 Å². The van der Waals surface area contributed by atoms with Crippen molar-refractivity contribution >= 4 is 15.9 Å². The molecule has 0 aliphatic rings. The Labute approximate surface area is 112 Å². The summed E-state index contributed by atoms with van der Waals surface area (Å²) in [5, 5.41) is 1.16. The van der Waals surface area contributed by atoms with Crippen LogP contribution in [-0.2, 0) is 15.6 Å².